The van der Waals surface area contributed by atoms with Gasteiger partial charge in [0.2, 0.25) is 0 Å². The van der Waals surface area contributed by atoms with Crippen molar-refractivity contribution < 1.29 is 4.74 Å². The van der Waals surface area contributed by atoms with Crippen molar-refractivity contribution in [2.24, 2.45) is 4.99 Å². The predicted octanol–water partition coefficient (Wildman–Crippen LogP) is 3.33. The molecular weight excluding hydrogens is 409 g/mol. The molecular formula is C16H28IN3OS. The van der Waals surface area contributed by atoms with Crippen molar-refractivity contribution >= 4 is 41.7 Å². The summed E-state index contributed by atoms with van der Waals surface area (Å²) in [6.07, 6.45) is 2.09. The fourth-order valence-electron chi connectivity index (χ4n) is 1.78. The molecule has 126 valence electrons. The van der Waals surface area contributed by atoms with Crippen molar-refractivity contribution in [3.63, 3.8) is 0 Å². The Kier molecular flexibility index (Phi) is 12.5. The van der Waals surface area contributed by atoms with E-state index in [1.807, 2.05) is 23.9 Å². The zero-order valence-electron chi connectivity index (χ0n) is 13.9. The maximum Gasteiger partial charge on any atom is 0.191 e. The first-order valence-corrected chi connectivity index (χ1v) is 8.73. The van der Waals surface area contributed by atoms with Gasteiger partial charge in [0.25, 0.3) is 0 Å². The Balaban J connectivity index is 0.00000441. The van der Waals surface area contributed by atoms with E-state index in [0.717, 1.165) is 30.6 Å². The largest absolute Gasteiger partial charge is 0.492 e. The van der Waals surface area contributed by atoms with Crippen LogP contribution in [-0.2, 0) is 0 Å². The highest BCUT2D eigenvalue weighted by Crippen LogP contribution is 2.18. The van der Waals surface area contributed by atoms with Gasteiger partial charge in [0, 0.05) is 19.3 Å². The van der Waals surface area contributed by atoms with Crippen LogP contribution in [0.3, 0.4) is 0 Å². The van der Waals surface area contributed by atoms with Crippen molar-refractivity contribution in [1.82, 2.24) is 10.6 Å². The Morgan fingerprint density at radius 1 is 1.18 bits per heavy atom. The zero-order chi connectivity index (χ0) is 15.5. The molecule has 0 aliphatic heterocycles. The highest BCUT2D eigenvalue weighted by molar-refractivity contribution is 14.0. The summed E-state index contributed by atoms with van der Waals surface area (Å²) in [5.41, 5.74) is 1.33. The monoisotopic (exact) mass is 437 g/mol. The minimum absolute atomic E-state index is 0. The van der Waals surface area contributed by atoms with Crippen LogP contribution in [0, 0.1) is 0 Å². The molecule has 0 aliphatic carbocycles. The summed E-state index contributed by atoms with van der Waals surface area (Å²) >= 11 is 1.81. The Morgan fingerprint density at radius 3 is 2.36 bits per heavy atom. The van der Waals surface area contributed by atoms with Gasteiger partial charge < -0.3 is 15.4 Å². The van der Waals surface area contributed by atoms with E-state index in [1.54, 1.807) is 7.05 Å². The number of hydrogen-bond donors (Lipinski definition) is 2. The van der Waals surface area contributed by atoms with E-state index in [2.05, 4.69) is 47.9 Å². The minimum atomic E-state index is 0. The lowest BCUT2D eigenvalue weighted by atomic mass is 10.0. The highest BCUT2D eigenvalue weighted by atomic mass is 127. The summed E-state index contributed by atoms with van der Waals surface area (Å²) in [5.74, 6) is 3.35. The van der Waals surface area contributed by atoms with Gasteiger partial charge in [-0.15, -0.1) is 24.0 Å². The maximum absolute atomic E-state index is 5.71. The molecule has 0 unspecified atom stereocenters. The summed E-state index contributed by atoms with van der Waals surface area (Å²) < 4.78 is 5.71. The van der Waals surface area contributed by atoms with E-state index >= 15 is 0 Å². The number of thioether (sulfide) groups is 1. The summed E-state index contributed by atoms with van der Waals surface area (Å²) in [4.78, 5) is 4.17. The molecule has 1 aromatic rings. The topological polar surface area (TPSA) is 45.7 Å². The molecule has 0 saturated heterocycles. The van der Waals surface area contributed by atoms with Crippen molar-refractivity contribution in [3.05, 3.63) is 29.8 Å². The number of ether oxygens (including phenoxy) is 1. The number of hydrogen-bond acceptors (Lipinski definition) is 3. The number of aliphatic imine (C=N–C) groups is 1. The smallest absolute Gasteiger partial charge is 0.191 e. The van der Waals surface area contributed by atoms with Crippen molar-refractivity contribution in [2.45, 2.75) is 19.8 Å². The number of halogens is 1. The maximum atomic E-state index is 5.71. The van der Waals surface area contributed by atoms with Crippen LogP contribution >= 0.6 is 35.7 Å². The number of rotatable bonds is 8. The molecule has 0 bridgehead atoms. The first kappa shape index (κ1) is 21.4. The molecule has 6 heteroatoms. The molecule has 22 heavy (non-hydrogen) atoms. The van der Waals surface area contributed by atoms with Crippen LogP contribution in [0.15, 0.2) is 29.3 Å². The second-order valence-electron chi connectivity index (χ2n) is 4.99. The van der Waals surface area contributed by atoms with Crippen LogP contribution < -0.4 is 15.4 Å². The highest BCUT2D eigenvalue weighted by Gasteiger charge is 2.00. The summed E-state index contributed by atoms with van der Waals surface area (Å²) in [6.45, 7) is 6.64. The van der Waals surface area contributed by atoms with E-state index in [-0.39, 0.29) is 24.0 Å². The lowest BCUT2D eigenvalue weighted by Gasteiger charge is -2.12. The predicted molar refractivity (Wildman–Crippen MR) is 109 cm³/mol. The molecule has 0 spiro atoms. The second-order valence-corrected chi connectivity index (χ2v) is 5.98. The third kappa shape index (κ3) is 8.73. The molecule has 0 aromatic heterocycles. The first-order chi connectivity index (χ1) is 10.2. The third-order valence-corrected chi connectivity index (χ3v) is 3.64. The van der Waals surface area contributed by atoms with Gasteiger partial charge in [0.05, 0.1) is 6.54 Å². The van der Waals surface area contributed by atoms with Gasteiger partial charge in [-0.3, -0.25) is 4.99 Å². The molecule has 4 nitrogen and oxygen atoms in total. The Morgan fingerprint density at radius 2 is 1.82 bits per heavy atom. The van der Waals surface area contributed by atoms with Gasteiger partial charge in [-0.05, 0) is 29.9 Å². The number of guanidine groups is 1. The van der Waals surface area contributed by atoms with Crippen LogP contribution in [0.2, 0.25) is 0 Å². The third-order valence-electron chi connectivity index (χ3n) is 3.03. The van der Waals surface area contributed by atoms with Crippen molar-refractivity contribution in [1.29, 1.82) is 0 Å². The SMILES string of the molecule is CN=C(NCCOc1ccc(C(C)C)cc1)NCCSC.I. The summed E-state index contributed by atoms with van der Waals surface area (Å²) in [5, 5.41) is 6.48. The molecule has 0 heterocycles. The first-order valence-electron chi connectivity index (χ1n) is 7.33. The van der Waals surface area contributed by atoms with Gasteiger partial charge in [-0.25, -0.2) is 0 Å². The summed E-state index contributed by atoms with van der Waals surface area (Å²) in [7, 11) is 1.78. The van der Waals surface area contributed by atoms with Crippen LogP contribution in [0.5, 0.6) is 5.75 Å². The molecule has 0 aliphatic rings. The van der Waals surface area contributed by atoms with Crippen molar-refractivity contribution in [2.75, 3.05) is 38.8 Å². The molecule has 1 aromatic carbocycles. The normalized spacial score (nSPS) is 11.0. The number of nitrogens with one attached hydrogen (secondary N) is 2. The molecule has 0 saturated carbocycles. The zero-order valence-corrected chi connectivity index (χ0v) is 17.0. The van der Waals surface area contributed by atoms with Crippen LogP contribution in [0.25, 0.3) is 0 Å². The molecule has 0 atom stereocenters. The number of nitrogens with zero attached hydrogens (tertiary/aromatic N) is 1. The average molecular weight is 437 g/mol. The molecule has 0 fully saturated rings. The molecule has 0 amide bonds. The Labute approximate surface area is 155 Å². The fraction of sp³-hybridized carbons (Fsp3) is 0.562. The van der Waals surface area contributed by atoms with E-state index in [9.17, 15) is 0 Å². The Hall–Kier alpha value is -0.630. The van der Waals surface area contributed by atoms with Crippen LogP contribution in [0.1, 0.15) is 25.3 Å². The van der Waals surface area contributed by atoms with E-state index in [4.69, 9.17) is 4.74 Å². The second kappa shape index (κ2) is 12.9. The average Bonchev–Trinajstić information content (AvgIpc) is 2.50. The Bertz CT molecular complexity index is 424. The van der Waals surface area contributed by atoms with E-state index < -0.39 is 0 Å². The summed E-state index contributed by atoms with van der Waals surface area (Å²) in [6, 6.07) is 8.30. The van der Waals surface area contributed by atoms with Gasteiger partial charge >= 0.3 is 0 Å². The number of benzene rings is 1. The van der Waals surface area contributed by atoms with Crippen molar-refractivity contribution in [3.8, 4) is 5.75 Å². The lowest BCUT2D eigenvalue weighted by molar-refractivity contribution is 0.322. The fourth-order valence-corrected chi connectivity index (χ4v) is 2.09. The molecule has 2 N–H and O–H groups in total. The van der Waals surface area contributed by atoms with Gasteiger partial charge in [0.15, 0.2) is 5.96 Å². The van der Waals surface area contributed by atoms with Crippen LogP contribution in [-0.4, -0.2) is 44.7 Å². The lowest BCUT2D eigenvalue weighted by Crippen LogP contribution is -2.40. The standard InChI is InChI=1S/C16H27N3OS.HI/c1-13(2)14-5-7-15(8-6-14)20-11-9-18-16(17-3)19-10-12-21-4;/h5-8,13H,9-12H2,1-4H3,(H2,17,18,19);1H. The molecule has 1 rings (SSSR count). The molecule has 0 radical (unpaired) electrons. The van der Waals surface area contributed by atoms with Gasteiger partial charge in [0.1, 0.15) is 12.4 Å². The van der Waals surface area contributed by atoms with E-state index in [0.29, 0.717) is 12.5 Å². The van der Waals surface area contributed by atoms with Crippen LogP contribution in [0.4, 0.5) is 0 Å². The van der Waals surface area contributed by atoms with E-state index in [1.165, 1.54) is 5.56 Å². The van der Waals surface area contributed by atoms with Gasteiger partial charge in [-0.1, -0.05) is 26.0 Å². The quantitative estimate of drug-likeness (QED) is 0.284. The minimum Gasteiger partial charge on any atom is -0.492 e. The van der Waals surface area contributed by atoms with Gasteiger partial charge in [-0.2, -0.15) is 11.8 Å².